The molecule has 1 heterocycles. The second-order valence-electron chi connectivity index (χ2n) is 6.71. The molecule has 140 valence electrons. The maximum atomic E-state index is 11.6. The molecule has 1 aromatic heterocycles. The number of hydrogen-bond donors (Lipinski definition) is 2. The number of hydrogen-bond acceptors (Lipinski definition) is 6. The van der Waals surface area contributed by atoms with E-state index in [1.165, 1.54) is 22.0 Å². The topological polar surface area (TPSA) is 95.1 Å². The maximum absolute atomic E-state index is 11.6. The number of benzene rings is 1. The van der Waals surface area contributed by atoms with Gasteiger partial charge < -0.3 is 15.9 Å². The summed E-state index contributed by atoms with van der Waals surface area (Å²) in [6.07, 6.45) is 1.62. The zero-order valence-corrected chi connectivity index (χ0v) is 16.2. The van der Waals surface area contributed by atoms with E-state index in [4.69, 9.17) is 10.6 Å². The first kappa shape index (κ1) is 19.8. The van der Waals surface area contributed by atoms with E-state index in [2.05, 4.69) is 42.9 Å². The Morgan fingerprint density at radius 1 is 1.35 bits per heavy atom. The number of nitrogen functional groups attached to an aromatic ring is 1. The van der Waals surface area contributed by atoms with Crippen LogP contribution in [-0.2, 0) is 16.8 Å². The van der Waals surface area contributed by atoms with Crippen LogP contribution in [0.1, 0.15) is 32.2 Å². The molecule has 0 saturated heterocycles. The van der Waals surface area contributed by atoms with Gasteiger partial charge in [-0.15, -0.1) is 16.8 Å². The van der Waals surface area contributed by atoms with Crippen LogP contribution in [0, 0.1) is 0 Å². The Hall–Kier alpha value is -2.48. The Morgan fingerprint density at radius 2 is 2.04 bits per heavy atom. The fourth-order valence-electron chi connectivity index (χ4n) is 2.07. The molecule has 1 amide bonds. The van der Waals surface area contributed by atoms with Crippen molar-refractivity contribution in [3.63, 3.8) is 0 Å². The Balaban J connectivity index is 1.89. The summed E-state index contributed by atoms with van der Waals surface area (Å²) in [6, 6.07) is 7.95. The van der Waals surface area contributed by atoms with Gasteiger partial charge in [0.2, 0.25) is 11.1 Å². The van der Waals surface area contributed by atoms with Gasteiger partial charge >= 0.3 is 0 Å². The fourth-order valence-corrected chi connectivity index (χ4v) is 2.78. The quantitative estimate of drug-likeness (QED) is 0.417. The van der Waals surface area contributed by atoms with Crippen molar-refractivity contribution in [3.05, 3.63) is 48.3 Å². The Kier molecular flexibility index (Phi) is 6.68. The van der Waals surface area contributed by atoms with E-state index in [-0.39, 0.29) is 23.7 Å². The highest BCUT2D eigenvalue weighted by Crippen LogP contribution is 2.24. The van der Waals surface area contributed by atoms with Gasteiger partial charge in [0.1, 0.15) is 12.4 Å². The van der Waals surface area contributed by atoms with Gasteiger partial charge in [0.25, 0.3) is 0 Å². The van der Waals surface area contributed by atoms with Crippen molar-refractivity contribution in [3.8, 4) is 5.75 Å². The van der Waals surface area contributed by atoms with Crippen LogP contribution >= 0.6 is 11.8 Å². The number of aromatic nitrogens is 3. The third-order valence-corrected chi connectivity index (χ3v) is 4.54. The predicted octanol–water partition coefficient (Wildman–Crippen LogP) is 2.26. The van der Waals surface area contributed by atoms with Crippen molar-refractivity contribution in [1.29, 1.82) is 0 Å². The van der Waals surface area contributed by atoms with Gasteiger partial charge in [-0.05, 0) is 23.1 Å². The fraction of sp³-hybridized carbons (Fsp3) is 0.389. The molecule has 0 saturated carbocycles. The highest BCUT2D eigenvalue weighted by atomic mass is 32.2. The third kappa shape index (κ3) is 5.52. The van der Waals surface area contributed by atoms with E-state index >= 15 is 0 Å². The average molecular weight is 375 g/mol. The lowest BCUT2D eigenvalue weighted by Crippen LogP contribution is -2.25. The first-order valence-electron chi connectivity index (χ1n) is 8.24. The monoisotopic (exact) mass is 375 g/mol. The Bertz CT molecular complexity index is 750. The maximum Gasteiger partial charge on any atom is 0.230 e. The molecule has 26 heavy (non-hydrogen) atoms. The number of nitrogens with one attached hydrogen (secondary N) is 1. The lowest BCUT2D eigenvalue weighted by atomic mass is 9.87. The standard InChI is InChI=1S/C18H25N5O2S/c1-5-10-20-16(24)12-26-17-22-21-15(23(17)19)11-25-14-8-6-13(7-9-14)18(2,3)4/h5-9H,1,10-12,19H2,2-4H3,(H,20,24). The number of thioether (sulfide) groups is 1. The van der Waals surface area contributed by atoms with Gasteiger partial charge in [-0.25, -0.2) is 4.68 Å². The normalized spacial score (nSPS) is 11.2. The SMILES string of the molecule is C=CCNC(=O)CSc1nnc(COc2ccc(C(C)(C)C)cc2)n1N. The molecular formula is C18H25N5O2S. The third-order valence-electron chi connectivity index (χ3n) is 3.60. The molecule has 7 nitrogen and oxygen atoms in total. The minimum absolute atomic E-state index is 0.0973. The zero-order valence-electron chi connectivity index (χ0n) is 15.4. The molecule has 0 radical (unpaired) electrons. The summed E-state index contributed by atoms with van der Waals surface area (Å²) in [5.41, 5.74) is 1.33. The van der Waals surface area contributed by atoms with Crippen LogP contribution in [0.3, 0.4) is 0 Å². The molecule has 2 rings (SSSR count). The summed E-state index contributed by atoms with van der Waals surface area (Å²) >= 11 is 1.22. The van der Waals surface area contributed by atoms with Crippen molar-refractivity contribution in [2.24, 2.45) is 0 Å². The summed E-state index contributed by atoms with van der Waals surface area (Å²) in [7, 11) is 0. The molecule has 0 fully saturated rings. The minimum Gasteiger partial charge on any atom is -0.486 e. The van der Waals surface area contributed by atoms with E-state index < -0.39 is 0 Å². The van der Waals surface area contributed by atoms with Gasteiger partial charge in [-0.2, -0.15) is 0 Å². The highest BCUT2D eigenvalue weighted by Gasteiger charge is 2.14. The molecule has 0 bridgehead atoms. The van der Waals surface area contributed by atoms with E-state index in [0.29, 0.717) is 17.5 Å². The second-order valence-corrected chi connectivity index (χ2v) is 7.66. The summed E-state index contributed by atoms with van der Waals surface area (Å²) in [6.45, 7) is 10.7. The van der Waals surface area contributed by atoms with Gasteiger partial charge in [0, 0.05) is 6.54 Å². The van der Waals surface area contributed by atoms with Crippen LogP contribution < -0.4 is 15.9 Å². The largest absolute Gasteiger partial charge is 0.486 e. The summed E-state index contributed by atoms with van der Waals surface area (Å²) in [5, 5.41) is 11.2. The Labute approximate surface area is 158 Å². The number of ether oxygens (including phenoxy) is 1. The molecule has 3 N–H and O–H groups in total. The number of amides is 1. The second kappa shape index (κ2) is 8.75. The molecule has 0 aliphatic carbocycles. The van der Waals surface area contributed by atoms with Crippen LogP contribution in [0.25, 0.3) is 0 Å². The summed E-state index contributed by atoms with van der Waals surface area (Å²) in [4.78, 5) is 11.6. The molecule has 0 unspecified atom stereocenters. The molecule has 0 aliphatic rings. The first-order valence-corrected chi connectivity index (χ1v) is 9.23. The molecule has 1 aromatic carbocycles. The summed E-state index contributed by atoms with van der Waals surface area (Å²) in [5.74, 6) is 7.29. The molecule has 0 spiro atoms. The molecule has 2 aromatic rings. The predicted molar refractivity (Wildman–Crippen MR) is 104 cm³/mol. The van der Waals surface area contributed by atoms with Gasteiger partial charge in [-0.3, -0.25) is 4.79 Å². The van der Waals surface area contributed by atoms with Crippen LogP contribution in [-0.4, -0.2) is 33.1 Å². The van der Waals surface area contributed by atoms with Crippen LogP contribution in [0.2, 0.25) is 0 Å². The van der Waals surface area contributed by atoms with Crippen molar-refractivity contribution in [2.45, 2.75) is 37.9 Å². The van der Waals surface area contributed by atoms with E-state index in [1.54, 1.807) is 6.08 Å². The van der Waals surface area contributed by atoms with Crippen LogP contribution in [0.5, 0.6) is 5.75 Å². The molecular weight excluding hydrogens is 350 g/mol. The average Bonchev–Trinajstić information content (AvgIpc) is 2.96. The van der Waals surface area contributed by atoms with E-state index in [1.807, 2.05) is 24.3 Å². The number of nitrogens with zero attached hydrogens (tertiary/aromatic N) is 3. The van der Waals surface area contributed by atoms with Crippen molar-refractivity contribution >= 4 is 17.7 Å². The van der Waals surface area contributed by atoms with Crippen LogP contribution in [0.15, 0.2) is 42.1 Å². The minimum atomic E-state index is -0.116. The van der Waals surface area contributed by atoms with Crippen LogP contribution in [0.4, 0.5) is 0 Å². The highest BCUT2D eigenvalue weighted by molar-refractivity contribution is 7.99. The molecule has 8 heteroatoms. The number of rotatable bonds is 8. The number of carbonyl (C=O) groups is 1. The van der Waals surface area contributed by atoms with Crippen molar-refractivity contribution in [2.75, 3.05) is 18.1 Å². The number of carbonyl (C=O) groups excluding carboxylic acids is 1. The van der Waals surface area contributed by atoms with E-state index in [0.717, 1.165) is 5.75 Å². The number of nitrogens with two attached hydrogens (primary N) is 1. The van der Waals surface area contributed by atoms with Crippen molar-refractivity contribution < 1.29 is 9.53 Å². The first-order chi connectivity index (χ1) is 12.3. The summed E-state index contributed by atoms with van der Waals surface area (Å²) < 4.78 is 7.07. The lowest BCUT2D eigenvalue weighted by Gasteiger charge is -2.19. The van der Waals surface area contributed by atoms with Gasteiger partial charge in [-0.1, -0.05) is 50.7 Å². The molecule has 0 atom stereocenters. The Morgan fingerprint density at radius 3 is 2.65 bits per heavy atom. The van der Waals surface area contributed by atoms with Gasteiger partial charge in [0.15, 0.2) is 5.82 Å². The molecule has 0 aliphatic heterocycles. The van der Waals surface area contributed by atoms with Gasteiger partial charge in [0.05, 0.1) is 5.75 Å². The van der Waals surface area contributed by atoms with E-state index in [9.17, 15) is 4.79 Å². The smallest absolute Gasteiger partial charge is 0.230 e. The van der Waals surface area contributed by atoms with Crippen molar-refractivity contribution in [1.82, 2.24) is 20.2 Å². The zero-order chi connectivity index (χ0) is 19.2. The lowest BCUT2D eigenvalue weighted by molar-refractivity contribution is -0.118.